The maximum absolute atomic E-state index is 11.1. The Hall–Kier alpha value is -0.610. The van der Waals surface area contributed by atoms with Crippen molar-refractivity contribution in [1.82, 2.24) is 10.2 Å². The van der Waals surface area contributed by atoms with Crippen LogP contribution in [-0.4, -0.2) is 43.0 Å². The third kappa shape index (κ3) is 3.64. The van der Waals surface area contributed by atoms with Crippen molar-refractivity contribution in [2.24, 2.45) is 5.73 Å². The molecule has 0 saturated carbocycles. The number of carbonyl (C=O) groups is 1. The summed E-state index contributed by atoms with van der Waals surface area (Å²) in [4.78, 5) is 13.5. The van der Waals surface area contributed by atoms with Gasteiger partial charge in [-0.1, -0.05) is 6.92 Å². The highest BCUT2D eigenvalue weighted by atomic mass is 16.1. The van der Waals surface area contributed by atoms with E-state index in [4.69, 9.17) is 5.73 Å². The van der Waals surface area contributed by atoms with E-state index in [9.17, 15) is 4.79 Å². The van der Waals surface area contributed by atoms with Crippen LogP contribution in [0.2, 0.25) is 0 Å². The zero-order valence-electron chi connectivity index (χ0n) is 8.96. The lowest BCUT2D eigenvalue weighted by Crippen LogP contribution is -2.45. The molecule has 0 atom stereocenters. The summed E-state index contributed by atoms with van der Waals surface area (Å²) < 4.78 is 0. The lowest BCUT2D eigenvalue weighted by Gasteiger charge is -2.31. The van der Waals surface area contributed by atoms with E-state index in [1.54, 1.807) is 0 Å². The Bertz CT molecular complexity index is 176. The molecule has 0 bridgehead atoms. The van der Waals surface area contributed by atoms with Crippen LogP contribution >= 0.6 is 0 Å². The molecular formula is C10H21N3O. The zero-order chi connectivity index (χ0) is 10.4. The SMILES string of the molecule is CCC(=O)NC1CCN(CCN)CC1. The standard InChI is InChI=1S/C10H21N3O/c1-2-10(14)12-9-3-6-13(7-4-9)8-5-11/h9H,2-8,11H2,1H3,(H,12,14). The second-order valence-electron chi connectivity index (χ2n) is 3.83. The Balaban J connectivity index is 2.18. The lowest BCUT2D eigenvalue weighted by molar-refractivity contribution is -0.121. The van der Waals surface area contributed by atoms with Gasteiger partial charge in [-0.3, -0.25) is 4.79 Å². The van der Waals surface area contributed by atoms with E-state index in [0.717, 1.165) is 39.0 Å². The van der Waals surface area contributed by atoms with Crippen LogP contribution in [0.15, 0.2) is 0 Å². The van der Waals surface area contributed by atoms with Crippen molar-refractivity contribution >= 4 is 5.91 Å². The van der Waals surface area contributed by atoms with Crippen molar-refractivity contribution < 1.29 is 4.79 Å². The number of hydrogen-bond donors (Lipinski definition) is 2. The smallest absolute Gasteiger partial charge is 0.219 e. The predicted molar refractivity (Wildman–Crippen MR) is 57.0 cm³/mol. The summed E-state index contributed by atoms with van der Waals surface area (Å²) in [6, 6.07) is 0.386. The summed E-state index contributed by atoms with van der Waals surface area (Å²) in [7, 11) is 0. The topological polar surface area (TPSA) is 58.4 Å². The number of amides is 1. The normalized spacial score (nSPS) is 19.6. The van der Waals surface area contributed by atoms with Gasteiger partial charge < -0.3 is 16.0 Å². The minimum Gasteiger partial charge on any atom is -0.353 e. The molecule has 14 heavy (non-hydrogen) atoms. The molecule has 1 amide bonds. The third-order valence-electron chi connectivity index (χ3n) is 2.72. The van der Waals surface area contributed by atoms with Gasteiger partial charge in [0, 0.05) is 38.6 Å². The minimum absolute atomic E-state index is 0.169. The van der Waals surface area contributed by atoms with Gasteiger partial charge in [-0.15, -0.1) is 0 Å². The Labute approximate surface area is 85.8 Å². The molecule has 0 unspecified atom stereocenters. The van der Waals surface area contributed by atoms with Crippen molar-refractivity contribution in [3.05, 3.63) is 0 Å². The summed E-state index contributed by atoms with van der Waals surface area (Å²) in [5.74, 6) is 0.169. The van der Waals surface area contributed by atoms with Gasteiger partial charge in [0.05, 0.1) is 0 Å². The molecule has 4 nitrogen and oxygen atoms in total. The van der Waals surface area contributed by atoms with Crippen molar-refractivity contribution in [3.63, 3.8) is 0 Å². The number of piperidine rings is 1. The van der Waals surface area contributed by atoms with Gasteiger partial charge in [-0.25, -0.2) is 0 Å². The van der Waals surface area contributed by atoms with E-state index in [2.05, 4.69) is 10.2 Å². The second-order valence-corrected chi connectivity index (χ2v) is 3.83. The minimum atomic E-state index is 0.169. The number of nitrogens with zero attached hydrogens (tertiary/aromatic N) is 1. The van der Waals surface area contributed by atoms with Gasteiger partial charge in [-0.2, -0.15) is 0 Å². The van der Waals surface area contributed by atoms with Crippen LogP contribution in [0, 0.1) is 0 Å². The van der Waals surface area contributed by atoms with Crippen molar-refractivity contribution in [2.75, 3.05) is 26.2 Å². The molecule has 0 aromatic rings. The van der Waals surface area contributed by atoms with Crippen LogP contribution in [0.5, 0.6) is 0 Å². The highest BCUT2D eigenvalue weighted by Crippen LogP contribution is 2.09. The maximum Gasteiger partial charge on any atom is 0.219 e. The van der Waals surface area contributed by atoms with E-state index in [1.807, 2.05) is 6.92 Å². The molecular weight excluding hydrogens is 178 g/mol. The number of rotatable bonds is 4. The summed E-state index contributed by atoms with van der Waals surface area (Å²) in [5, 5.41) is 3.03. The molecule has 3 N–H and O–H groups in total. The Morgan fingerprint density at radius 2 is 2.14 bits per heavy atom. The highest BCUT2D eigenvalue weighted by Gasteiger charge is 2.19. The van der Waals surface area contributed by atoms with E-state index < -0.39 is 0 Å². The Morgan fingerprint density at radius 1 is 1.50 bits per heavy atom. The molecule has 1 rings (SSSR count). The lowest BCUT2D eigenvalue weighted by atomic mass is 10.0. The van der Waals surface area contributed by atoms with E-state index in [1.165, 1.54) is 0 Å². The second kappa shape index (κ2) is 5.98. The summed E-state index contributed by atoms with van der Waals surface area (Å²) in [6.45, 7) is 5.72. The van der Waals surface area contributed by atoms with Gasteiger partial charge in [0.15, 0.2) is 0 Å². The van der Waals surface area contributed by atoms with E-state index in [-0.39, 0.29) is 5.91 Å². The van der Waals surface area contributed by atoms with Gasteiger partial charge in [0.1, 0.15) is 0 Å². The Morgan fingerprint density at radius 3 is 2.64 bits per heavy atom. The van der Waals surface area contributed by atoms with Gasteiger partial charge in [0.2, 0.25) is 5.91 Å². The first-order chi connectivity index (χ1) is 6.76. The average molecular weight is 199 g/mol. The van der Waals surface area contributed by atoms with Crippen LogP contribution in [0.1, 0.15) is 26.2 Å². The molecule has 1 fully saturated rings. The number of hydrogen-bond acceptors (Lipinski definition) is 3. The molecule has 0 aromatic heterocycles. The number of carbonyl (C=O) groups excluding carboxylic acids is 1. The van der Waals surface area contributed by atoms with Crippen LogP contribution in [0.4, 0.5) is 0 Å². The first-order valence-electron chi connectivity index (χ1n) is 5.48. The van der Waals surface area contributed by atoms with Crippen LogP contribution in [0.3, 0.4) is 0 Å². The Kier molecular flexibility index (Phi) is 4.90. The van der Waals surface area contributed by atoms with Gasteiger partial charge in [-0.05, 0) is 12.8 Å². The molecule has 82 valence electrons. The molecule has 4 heteroatoms. The molecule has 0 spiro atoms. The third-order valence-corrected chi connectivity index (χ3v) is 2.72. The fraction of sp³-hybridized carbons (Fsp3) is 0.900. The molecule has 1 aliphatic heterocycles. The fourth-order valence-corrected chi connectivity index (χ4v) is 1.81. The quantitative estimate of drug-likeness (QED) is 0.666. The van der Waals surface area contributed by atoms with Gasteiger partial charge in [0.25, 0.3) is 0 Å². The number of nitrogens with two attached hydrogens (primary N) is 1. The first-order valence-corrected chi connectivity index (χ1v) is 5.48. The molecule has 1 aliphatic rings. The predicted octanol–water partition coefficient (Wildman–Crippen LogP) is -0.0643. The fourth-order valence-electron chi connectivity index (χ4n) is 1.81. The van der Waals surface area contributed by atoms with E-state index >= 15 is 0 Å². The van der Waals surface area contributed by atoms with E-state index in [0.29, 0.717) is 12.5 Å². The molecule has 0 aromatic carbocycles. The summed E-state index contributed by atoms with van der Waals surface area (Å²) >= 11 is 0. The van der Waals surface area contributed by atoms with Crippen molar-refractivity contribution in [2.45, 2.75) is 32.2 Å². The highest BCUT2D eigenvalue weighted by molar-refractivity contribution is 5.75. The molecule has 1 saturated heterocycles. The zero-order valence-corrected chi connectivity index (χ0v) is 8.96. The first kappa shape index (κ1) is 11.5. The average Bonchev–Trinajstić information content (AvgIpc) is 2.21. The van der Waals surface area contributed by atoms with Crippen molar-refractivity contribution in [1.29, 1.82) is 0 Å². The largest absolute Gasteiger partial charge is 0.353 e. The van der Waals surface area contributed by atoms with Gasteiger partial charge >= 0.3 is 0 Å². The summed E-state index contributed by atoms with van der Waals surface area (Å²) in [5.41, 5.74) is 5.48. The monoisotopic (exact) mass is 199 g/mol. The number of likely N-dealkylation sites (tertiary alicyclic amines) is 1. The maximum atomic E-state index is 11.1. The van der Waals surface area contributed by atoms with Crippen LogP contribution in [-0.2, 0) is 4.79 Å². The molecule has 0 aliphatic carbocycles. The molecule has 1 heterocycles. The number of nitrogens with one attached hydrogen (secondary N) is 1. The van der Waals surface area contributed by atoms with Crippen LogP contribution in [0.25, 0.3) is 0 Å². The molecule has 0 radical (unpaired) electrons. The van der Waals surface area contributed by atoms with Crippen LogP contribution < -0.4 is 11.1 Å². The van der Waals surface area contributed by atoms with Crippen molar-refractivity contribution in [3.8, 4) is 0 Å². The summed E-state index contributed by atoms with van der Waals surface area (Å²) in [6.07, 6.45) is 2.71.